The molecule has 0 radical (unpaired) electrons. The van der Waals surface area contributed by atoms with E-state index in [-0.39, 0.29) is 11.2 Å². The molecule has 0 aromatic carbocycles. The Morgan fingerprint density at radius 3 is 2.12 bits per heavy atom. The van der Waals surface area contributed by atoms with Crippen molar-refractivity contribution in [1.82, 2.24) is 19.4 Å². The SMILES string of the molecule is Cn1c(=O)cc(N2CC(N3CCN(C4CCCCC4)CC3)C2)[nH]c1=O. The summed E-state index contributed by atoms with van der Waals surface area (Å²) in [6, 6.07) is 2.89. The van der Waals surface area contributed by atoms with Crippen molar-refractivity contribution in [3.8, 4) is 0 Å². The second-order valence-corrected chi connectivity index (χ2v) is 7.78. The van der Waals surface area contributed by atoms with Gasteiger partial charge in [0.2, 0.25) is 0 Å². The van der Waals surface area contributed by atoms with Gasteiger partial charge in [0, 0.05) is 64.5 Å². The third-order valence-electron chi connectivity index (χ3n) is 6.29. The number of aromatic nitrogens is 2. The highest BCUT2D eigenvalue weighted by Gasteiger charge is 2.35. The number of hydrogen-bond acceptors (Lipinski definition) is 5. The van der Waals surface area contributed by atoms with Gasteiger partial charge in [-0.05, 0) is 12.8 Å². The Hall–Kier alpha value is -1.60. The molecule has 3 heterocycles. The Balaban J connectivity index is 1.29. The van der Waals surface area contributed by atoms with Crippen LogP contribution in [-0.2, 0) is 7.05 Å². The first kappa shape index (κ1) is 16.8. The van der Waals surface area contributed by atoms with Crippen LogP contribution in [0.3, 0.4) is 0 Å². The molecule has 3 fully saturated rings. The van der Waals surface area contributed by atoms with Crippen molar-refractivity contribution in [2.75, 3.05) is 44.2 Å². The summed E-state index contributed by atoms with van der Waals surface area (Å²) in [5.74, 6) is 0.658. The molecular formula is C18H29N5O2. The molecule has 138 valence electrons. The van der Waals surface area contributed by atoms with Crippen LogP contribution in [0.15, 0.2) is 15.7 Å². The van der Waals surface area contributed by atoms with Gasteiger partial charge >= 0.3 is 5.69 Å². The van der Waals surface area contributed by atoms with Gasteiger partial charge in [0.15, 0.2) is 0 Å². The van der Waals surface area contributed by atoms with Crippen LogP contribution in [0.2, 0.25) is 0 Å². The molecule has 1 saturated carbocycles. The summed E-state index contributed by atoms with van der Waals surface area (Å²) in [4.78, 5) is 33.7. The molecule has 0 spiro atoms. The van der Waals surface area contributed by atoms with Crippen molar-refractivity contribution in [2.24, 2.45) is 7.05 Å². The lowest BCUT2D eigenvalue weighted by molar-refractivity contribution is 0.0486. The van der Waals surface area contributed by atoms with E-state index < -0.39 is 0 Å². The third-order valence-corrected chi connectivity index (χ3v) is 6.29. The van der Waals surface area contributed by atoms with E-state index in [0.717, 1.165) is 36.8 Å². The summed E-state index contributed by atoms with van der Waals surface area (Å²) in [6.07, 6.45) is 6.98. The molecule has 0 amide bonds. The van der Waals surface area contributed by atoms with E-state index in [1.807, 2.05) is 0 Å². The maximum atomic E-state index is 11.8. The van der Waals surface area contributed by atoms with Crippen molar-refractivity contribution in [2.45, 2.75) is 44.2 Å². The van der Waals surface area contributed by atoms with E-state index in [9.17, 15) is 9.59 Å². The molecule has 1 aliphatic carbocycles. The van der Waals surface area contributed by atoms with Crippen LogP contribution in [0.25, 0.3) is 0 Å². The molecule has 0 bridgehead atoms. The minimum absolute atomic E-state index is 0.247. The molecule has 7 heteroatoms. The summed E-state index contributed by atoms with van der Waals surface area (Å²) < 4.78 is 1.10. The van der Waals surface area contributed by atoms with Crippen LogP contribution in [0.4, 0.5) is 5.82 Å². The van der Waals surface area contributed by atoms with Crippen LogP contribution in [0, 0.1) is 0 Å². The van der Waals surface area contributed by atoms with Gasteiger partial charge in [-0.15, -0.1) is 0 Å². The highest BCUT2D eigenvalue weighted by atomic mass is 16.2. The van der Waals surface area contributed by atoms with Crippen LogP contribution < -0.4 is 16.1 Å². The third kappa shape index (κ3) is 3.40. The quantitative estimate of drug-likeness (QED) is 0.847. The Labute approximate surface area is 148 Å². The van der Waals surface area contributed by atoms with Crippen molar-refractivity contribution in [3.63, 3.8) is 0 Å². The van der Waals surface area contributed by atoms with Gasteiger partial charge in [0.05, 0.1) is 0 Å². The van der Waals surface area contributed by atoms with Crippen LogP contribution in [-0.4, -0.2) is 70.7 Å². The summed E-state index contributed by atoms with van der Waals surface area (Å²) >= 11 is 0. The standard InChI is InChI=1S/C18H29N5O2/c1-20-17(24)11-16(19-18(20)25)23-12-15(13-23)22-9-7-21(8-10-22)14-5-3-2-4-6-14/h11,14-15H,2-10,12-13H2,1H3,(H,19,25). The van der Waals surface area contributed by atoms with Crippen molar-refractivity contribution >= 4 is 5.82 Å². The molecule has 3 aliphatic rings. The number of H-pyrrole nitrogens is 1. The van der Waals surface area contributed by atoms with E-state index in [0.29, 0.717) is 11.9 Å². The monoisotopic (exact) mass is 347 g/mol. The lowest BCUT2D eigenvalue weighted by Gasteiger charge is -2.50. The number of aromatic amines is 1. The highest BCUT2D eigenvalue weighted by molar-refractivity contribution is 5.41. The van der Waals surface area contributed by atoms with E-state index >= 15 is 0 Å². The van der Waals surface area contributed by atoms with Gasteiger partial charge in [-0.2, -0.15) is 0 Å². The zero-order valence-electron chi connectivity index (χ0n) is 15.1. The number of rotatable bonds is 3. The normalized spacial score (nSPS) is 24.4. The Morgan fingerprint density at radius 1 is 0.920 bits per heavy atom. The number of piperazine rings is 1. The maximum absolute atomic E-state index is 11.8. The smallest absolute Gasteiger partial charge is 0.329 e. The van der Waals surface area contributed by atoms with Gasteiger partial charge in [0.1, 0.15) is 5.82 Å². The lowest BCUT2D eigenvalue weighted by atomic mass is 9.93. The number of anilines is 1. The van der Waals surface area contributed by atoms with E-state index in [2.05, 4.69) is 19.7 Å². The van der Waals surface area contributed by atoms with E-state index in [1.165, 1.54) is 58.3 Å². The highest BCUT2D eigenvalue weighted by Crippen LogP contribution is 2.25. The average molecular weight is 347 g/mol. The van der Waals surface area contributed by atoms with Crippen LogP contribution in [0.1, 0.15) is 32.1 Å². The fraction of sp³-hybridized carbons (Fsp3) is 0.778. The van der Waals surface area contributed by atoms with Gasteiger partial charge in [-0.25, -0.2) is 4.79 Å². The van der Waals surface area contributed by atoms with Gasteiger partial charge in [0.25, 0.3) is 5.56 Å². The number of nitrogens with one attached hydrogen (secondary N) is 1. The molecule has 2 aliphatic heterocycles. The lowest BCUT2D eigenvalue weighted by Crippen LogP contribution is -2.64. The molecule has 1 aromatic heterocycles. The largest absolute Gasteiger partial charge is 0.355 e. The molecule has 1 N–H and O–H groups in total. The topological polar surface area (TPSA) is 64.6 Å². The number of nitrogens with zero attached hydrogens (tertiary/aromatic N) is 4. The number of hydrogen-bond donors (Lipinski definition) is 1. The summed E-state index contributed by atoms with van der Waals surface area (Å²) in [6.45, 7) is 6.44. The Bertz CT molecular complexity index is 676. The molecule has 4 rings (SSSR count). The van der Waals surface area contributed by atoms with Gasteiger partial charge in [-0.3, -0.25) is 24.1 Å². The van der Waals surface area contributed by atoms with Crippen molar-refractivity contribution < 1.29 is 0 Å². The summed E-state index contributed by atoms with van der Waals surface area (Å²) in [5, 5.41) is 0. The Morgan fingerprint density at radius 2 is 1.52 bits per heavy atom. The first-order valence-electron chi connectivity index (χ1n) is 9.65. The van der Waals surface area contributed by atoms with Gasteiger partial charge < -0.3 is 4.90 Å². The minimum Gasteiger partial charge on any atom is -0.355 e. The maximum Gasteiger partial charge on any atom is 0.329 e. The zero-order chi connectivity index (χ0) is 17.4. The molecule has 7 nitrogen and oxygen atoms in total. The predicted octanol–water partition coefficient (Wildman–Crippen LogP) is 0.213. The predicted molar refractivity (Wildman–Crippen MR) is 98.3 cm³/mol. The fourth-order valence-electron chi connectivity index (χ4n) is 4.51. The van der Waals surface area contributed by atoms with Crippen molar-refractivity contribution in [3.05, 3.63) is 26.9 Å². The average Bonchev–Trinajstić information content (AvgIpc) is 2.60. The zero-order valence-corrected chi connectivity index (χ0v) is 15.1. The molecule has 2 saturated heterocycles. The van der Waals surface area contributed by atoms with E-state index in [4.69, 9.17) is 0 Å². The Kier molecular flexibility index (Phi) is 4.69. The first-order valence-corrected chi connectivity index (χ1v) is 9.65. The molecule has 0 unspecified atom stereocenters. The van der Waals surface area contributed by atoms with Gasteiger partial charge in [-0.1, -0.05) is 19.3 Å². The van der Waals surface area contributed by atoms with Crippen LogP contribution >= 0.6 is 0 Å². The molecule has 0 atom stereocenters. The molecular weight excluding hydrogens is 318 g/mol. The summed E-state index contributed by atoms with van der Waals surface area (Å²) in [5.41, 5.74) is -0.588. The van der Waals surface area contributed by atoms with Crippen LogP contribution in [0.5, 0.6) is 0 Å². The minimum atomic E-state index is -0.341. The first-order chi connectivity index (χ1) is 12.1. The molecule has 25 heavy (non-hydrogen) atoms. The second kappa shape index (κ2) is 6.96. The molecule has 1 aromatic rings. The second-order valence-electron chi connectivity index (χ2n) is 7.78. The van der Waals surface area contributed by atoms with E-state index in [1.54, 1.807) is 0 Å². The summed E-state index contributed by atoms with van der Waals surface area (Å²) in [7, 11) is 1.50. The fourth-order valence-corrected chi connectivity index (χ4v) is 4.51. The van der Waals surface area contributed by atoms with Crippen molar-refractivity contribution in [1.29, 1.82) is 0 Å².